The summed E-state index contributed by atoms with van der Waals surface area (Å²) in [4.78, 5) is 22.7. The average Bonchev–Trinajstić information content (AvgIpc) is 3.25. The number of ether oxygens (including phenoxy) is 2. The fraction of sp³-hybridized carbons (Fsp3) is 0.863. The summed E-state index contributed by atoms with van der Waals surface area (Å²) in [5.41, 5.74) is 0. The Morgan fingerprint density at radius 2 is 0.885 bits per heavy atom. The molecule has 0 bridgehead atoms. The number of carbonyl (C=O) groups excluding carboxylic acids is 1. The third kappa shape index (κ3) is 48.0. The minimum absolute atomic E-state index is 0.0450. The van der Waals surface area contributed by atoms with Crippen molar-refractivity contribution in [2.75, 3.05) is 33.0 Å². The molecule has 0 saturated heterocycles. The first-order chi connectivity index (χ1) is 29.8. The van der Waals surface area contributed by atoms with Crippen molar-refractivity contribution in [3.8, 4) is 0 Å². The van der Waals surface area contributed by atoms with Crippen molar-refractivity contribution >= 4 is 13.8 Å². The van der Waals surface area contributed by atoms with E-state index in [0.29, 0.717) is 13.0 Å². The van der Waals surface area contributed by atoms with Crippen LogP contribution >= 0.6 is 7.82 Å². The number of allylic oxidation sites excluding steroid dienone is 6. The first-order valence-corrected chi connectivity index (χ1v) is 27.0. The Morgan fingerprint density at radius 1 is 0.508 bits per heavy atom. The molecule has 10 heteroatoms. The van der Waals surface area contributed by atoms with Crippen molar-refractivity contribution < 1.29 is 43.0 Å². The summed E-state index contributed by atoms with van der Waals surface area (Å²) in [5.74, 6) is -0.393. The van der Waals surface area contributed by atoms with Crippen LogP contribution in [0.5, 0.6) is 0 Å². The molecule has 61 heavy (non-hydrogen) atoms. The van der Waals surface area contributed by atoms with Gasteiger partial charge < -0.3 is 24.6 Å². The maximum atomic E-state index is 12.7. The van der Waals surface area contributed by atoms with Crippen LogP contribution in [0, 0.1) is 0 Å². The normalized spacial score (nSPS) is 14.1. The SMILES string of the molecule is CCCCCC/C=C\C/C=C\CCCCCCCC(=O)OC(COCCCCCCCCCCCCCC/C=C\CCCCCCCCCC)COP(=O)(O)OCC(O)CO. The van der Waals surface area contributed by atoms with Crippen LogP contribution in [-0.2, 0) is 27.9 Å². The molecule has 0 fully saturated rings. The van der Waals surface area contributed by atoms with Crippen molar-refractivity contribution in [2.24, 2.45) is 0 Å². The Hall–Kier alpha value is -1.32. The van der Waals surface area contributed by atoms with Crippen LogP contribution in [-0.4, -0.2) is 66.3 Å². The van der Waals surface area contributed by atoms with Crippen molar-refractivity contribution in [1.29, 1.82) is 0 Å². The second-order valence-electron chi connectivity index (χ2n) is 17.2. The molecule has 0 amide bonds. The molecule has 3 N–H and O–H groups in total. The van der Waals surface area contributed by atoms with E-state index in [1.54, 1.807) is 0 Å². The molecule has 0 aliphatic rings. The van der Waals surface area contributed by atoms with Gasteiger partial charge in [-0.3, -0.25) is 13.8 Å². The van der Waals surface area contributed by atoms with Crippen molar-refractivity contribution in [2.45, 2.75) is 251 Å². The van der Waals surface area contributed by atoms with Gasteiger partial charge in [-0.2, -0.15) is 0 Å². The van der Waals surface area contributed by atoms with E-state index >= 15 is 0 Å². The number of phosphoric ester groups is 1. The lowest BCUT2D eigenvalue weighted by Gasteiger charge is -2.20. The van der Waals surface area contributed by atoms with Crippen LogP contribution in [0.4, 0.5) is 0 Å². The van der Waals surface area contributed by atoms with E-state index in [2.05, 4.69) is 50.3 Å². The van der Waals surface area contributed by atoms with Crippen molar-refractivity contribution in [3.63, 3.8) is 0 Å². The maximum absolute atomic E-state index is 12.7. The number of aliphatic hydroxyl groups excluding tert-OH is 2. The van der Waals surface area contributed by atoms with E-state index in [1.807, 2.05) is 0 Å². The highest BCUT2D eigenvalue weighted by Gasteiger charge is 2.26. The van der Waals surface area contributed by atoms with E-state index < -0.39 is 39.2 Å². The van der Waals surface area contributed by atoms with Crippen LogP contribution < -0.4 is 0 Å². The number of phosphoric acid groups is 1. The Labute approximate surface area is 375 Å². The quantitative estimate of drug-likeness (QED) is 0.0236. The van der Waals surface area contributed by atoms with Crippen LogP contribution in [0.2, 0.25) is 0 Å². The van der Waals surface area contributed by atoms with Crippen LogP contribution in [0.1, 0.15) is 239 Å². The highest BCUT2D eigenvalue weighted by molar-refractivity contribution is 7.47. The van der Waals surface area contributed by atoms with Crippen LogP contribution in [0.15, 0.2) is 36.5 Å². The third-order valence-corrected chi connectivity index (χ3v) is 12.0. The van der Waals surface area contributed by atoms with Crippen molar-refractivity contribution in [3.05, 3.63) is 36.5 Å². The van der Waals surface area contributed by atoms with E-state index in [1.165, 1.54) is 154 Å². The summed E-state index contributed by atoms with van der Waals surface area (Å²) in [5, 5.41) is 18.4. The Kier molecular flexibility index (Phi) is 47.1. The standard InChI is InChI=1S/C51H97O9P/c1-3-5-7-9-11-13-15-17-19-21-22-23-24-25-26-27-28-30-32-34-36-38-40-42-44-57-47-50(48-59-61(55,56)58-46-49(53)45-52)60-51(54)43-41-39-37-35-33-31-29-20-18-16-14-12-10-8-6-4-2/h14,16,20-22,29,49-50,52-53H,3-13,15,17-19,23-28,30-48H2,1-2H3,(H,55,56)/b16-14-,22-21-,29-20-. The largest absolute Gasteiger partial charge is 0.472 e. The molecule has 0 rings (SSSR count). The Balaban J connectivity index is 4.05. The fourth-order valence-corrected chi connectivity index (χ4v) is 7.94. The minimum atomic E-state index is -4.52. The van der Waals surface area contributed by atoms with Gasteiger partial charge in [0.15, 0.2) is 0 Å². The number of unbranched alkanes of at least 4 members (excludes halogenated alkanes) is 29. The van der Waals surface area contributed by atoms with Crippen LogP contribution in [0.3, 0.4) is 0 Å². The van der Waals surface area contributed by atoms with Crippen LogP contribution in [0.25, 0.3) is 0 Å². The molecule has 0 aromatic rings. The van der Waals surface area contributed by atoms with E-state index in [-0.39, 0.29) is 19.6 Å². The zero-order valence-electron chi connectivity index (χ0n) is 39.6. The molecule has 360 valence electrons. The molecule has 0 spiro atoms. The van der Waals surface area contributed by atoms with Gasteiger partial charge >= 0.3 is 13.8 Å². The molecule has 0 radical (unpaired) electrons. The zero-order valence-corrected chi connectivity index (χ0v) is 40.5. The first-order valence-electron chi connectivity index (χ1n) is 25.5. The van der Waals surface area contributed by atoms with Crippen molar-refractivity contribution in [1.82, 2.24) is 0 Å². The monoisotopic (exact) mass is 885 g/mol. The summed E-state index contributed by atoms with van der Waals surface area (Å²) in [6.07, 6.45) is 54.0. The summed E-state index contributed by atoms with van der Waals surface area (Å²) in [7, 11) is -4.52. The molecular formula is C51H97O9P. The average molecular weight is 885 g/mol. The van der Waals surface area contributed by atoms with E-state index in [0.717, 1.165) is 57.8 Å². The lowest BCUT2D eigenvalue weighted by Crippen LogP contribution is -2.29. The van der Waals surface area contributed by atoms with E-state index in [9.17, 15) is 19.4 Å². The molecule has 0 aliphatic heterocycles. The minimum Gasteiger partial charge on any atom is -0.457 e. The Morgan fingerprint density at radius 3 is 1.34 bits per heavy atom. The summed E-state index contributed by atoms with van der Waals surface area (Å²) in [6.45, 7) is 3.52. The molecule has 3 atom stereocenters. The van der Waals surface area contributed by atoms with Gasteiger partial charge in [0.05, 0.1) is 26.4 Å². The van der Waals surface area contributed by atoms with Gasteiger partial charge in [0, 0.05) is 13.0 Å². The molecule has 3 unspecified atom stereocenters. The highest BCUT2D eigenvalue weighted by Crippen LogP contribution is 2.43. The molecule has 9 nitrogen and oxygen atoms in total. The number of esters is 1. The number of hydrogen-bond donors (Lipinski definition) is 3. The number of hydrogen-bond acceptors (Lipinski definition) is 8. The fourth-order valence-electron chi connectivity index (χ4n) is 7.15. The van der Waals surface area contributed by atoms with Gasteiger partial charge in [0.25, 0.3) is 0 Å². The molecule has 0 aromatic carbocycles. The van der Waals surface area contributed by atoms with Gasteiger partial charge in [0.2, 0.25) is 0 Å². The smallest absolute Gasteiger partial charge is 0.457 e. The molecule has 0 aliphatic carbocycles. The second kappa shape index (κ2) is 48.1. The zero-order chi connectivity index (χ0) is 44.6. The van der Waals surface area contributed by atoms with Gasteiger partial charge in [-0.05, 0) is 70.6 Å². The maximum Gasteiger partial charge on any atom is 0.472 e. The predicted molar refractivity (Wildman–Crippen MR) is 256 cm³/mol. The van der Waals surface area contributed by atoms with Gasteiger partial charge in [-0.1, -0.05) is 198 Å². The van der Waals surface area contributed by atoms with E-state index in [4.69, 9.17) is 23.6 Å². The molecule has 0 heterocycles. The number of rotatable bonds is 49. The lowest BCUT2D eigenvalue weighted by atomic mass is 10.0. The molecule has 0 saturated carbocycles. The topological polar surface area (TPSA) is 132 Å². The Bertz CT molecular complexity index is 1050. The lowest BCUT2D eigenvalue weighted by molar-refractivity contribution is -0.154. The molecule has 0 aromatic heterocycles. The van der Waals surface area contributed by atoms with Gasteiger partial charge in [0.1, 0.15) is 12.2 Å². The third-order valence-electron chi connectivity index (χ3n) is 11.0. The summed E-state index contributed by atoms with van der Waals surface area (Å²) in [6, 6.07) is 0. The first kappa shape index (κ1) is 59.7. The summed E-state index contributed by atoms with van der Waals surface area (Å²) >= 11 is 0. The van der Waals surface area contributed by atoms with Gasteiger partial charge in [-0.15, -0.1) is 0 Å². The second-order valence-corrected chi connectivity index (χ2v) is 18.6. The van der Waals surface area contributed by atoms with Gasteiger partial charge in [-0.25, -0.2) is 4.57 Å². The number of carbonyl (C=O) groups is 1. The molecular weight excluding hydrogens is 788 g/mol. The highest BCUT2D eigenvalue weighted by atomic mass is 31.2. The predicted octanol–water partition coefficient (Wildman–Crippen LogP) is 14.8. The summed E-state index contributed by atoms with van der Waals surface area (Å²) < 4.78 is 33.5. The number of aliphatic hydroxyl groups is 2.